The van der Waals surface area contributed by atoms with E-state index >= 15 is 0 Å². The van der Waals surface area contributed by atoms with Crippen LogP contribution < -0.4 is 11.3 Å². The summed E-state index contributed by atoms with van der Waals surface area (Å²) < 4.78 is 6.12. The minimum absolute atomic E-state index is 0.114. The number of benzene rings is 1. The molecule has 2 aliphatic rings. The van der Waals surface area contributed by atoms with Crippen LogP contribution in [0.2, 0.25) is 0 Å². The minimum atomic E-state index is 0.114. The van der Waals surface area contributed by atoms with Gasteiger partial charge in [-0.05, 0) is 42.2 Å². The summed E-state index contributed by atoms with van der Waals surface area (Å²) in [5.41, 5.74) is 5.85. The first kappa shape index (κ1) is 15.0. The SMILES string of the molecule is CCC1CCC(C(NN)C2OCCc3ccccc32)CC1. The zero-order chi connectivity index (χ0) is 14.7. The number of nitrogens with one attached hydrogen (secondary N) is 1. The van der Waals surface area contributed by atoms with E-state index in [9.17, 15) is 0 Å². The Morgan fingerprint density at radius 1 is 1.24 bits per heavy atom. The monoisotopic (exact) mass is 288 g/mol. The highest BCUT2D eigenvalue weighted by molar-refractivity contribution is 5.32. The lowest BCUT2D eigenvalue weighted by atomic mass is 9.75. The topological polar surface area (TPSA) is 47.3 Å². The molecule has 21 heavy (non-hydrogen) atoms. The average molecular weight is 288 g/mol. The molecule has 0 saturated heterocycles. The van der Waals surface area contributed by atoms with Gasteiger partial charge in [-0.15, -0.1) is 0 Å². The first-order valence-electron chi connectivity index (χ1n) is 8.49. The summed E-state index contributed by atoms with van der Waals surface area (Å²) in [5.74, 6) is 7.48. The van der Waals surface area contributed by atoms with Crippen molar-refractivity contribution in [1.82, 2.24) is 5.43 Å². The highest BCUT2D eigenvalue weighted by atomic mass is 16.5. The van der Waals surface area contributed by atoms with Crippen molar-refractivity contribution in [3.8, 4) is 0 Å². The smallest absolute Gasteiger partial charge is 0.0996 e. The Hall–Kier alpha value is -0.900. The molecule has 3 nitrogen and oxygen atoms in total. The standard InChI is InChI=1S/C18H28N2O/c1-2-13-7-9-15(10-8-13)17(20-19)18-16-6-4-3-5-14(16)11-12-21-18/h3-6,13,15,17-18,20H,2,7-12,19H2,1H3. The molecule has 1 aliphatic heterocycles. The van der Waals surface area contributed by atoms with Crippen LogP contribution in [0.3, 0.4) is 0 Å². The van der Waals surface area contributed by atoms with E-state index in [0.717, 1.165) is 18.9 Å². The molecule has 0 bridgehead atoms. The summed E-state index contributed by atoms with van der Waals surface area (Å²) in [4.78, 5) is 0. The molecule has 0 radical (unpaired) electrons. The van der Waals surface area contributed by atoms with Crippen LogP contribution in [0, 0.1) is 11.8 Å². The van der Waals surface area contributed by atoms with E-state index in [1.165, 1.54) is 43.2 Å². The van der Waals surface area contributed by atoms with E-state index in [2.05, 4.69) is 36.6 Å². The van der Waals surface area contributed by atoms with Gasteiger partial charge in [-0.1, -0.05) is 50.5 Å². The average Bonchev–Trinajstić information content (AvgIpc) is 2.56. The number of rotatable bonds is 4. The van der Waals surface area contributed by atoms with E-state index in [4.69, 9.17) is 10.6 Å². The van der Waals surface area contributed by atoms with E-state index in [-0.39, 0.29) is 12.1 Å². The fourth-order valence-corrected chi connectivity index (χ4v) is 4.15. The van der Waals surface area contributed by atoms with Gasteiger partial charge in [0.2, 0.25) is 0 Å². The maximum atomic E-state index is 6.12. The Morgan fingerprint density at radius 3 is 2.71 bits per heavy atom. The van der Waals surface area contributed by atoms with Crippen LogP contribution in [0.5, 0.6) is 0 Å². The first-order valence-corrected chi connectivity index (χ1v) is 8.49. The molecule has 0 spiro atoms. The zero-order valence-corrected chi connectivity index (χ0v) is 13.1. The molecule has 3 rings (SSSR count). The van der Waals surface area contributed by atoms with Crippen LogP contribution in [0.4, 0.5) is 0 Å². The summed E-state index contributed by atoms with van der Waals surface area (Å²) in [6.07, 6.45) is 7.68. The van der Waals surface area contributed by atoms with Gasteiger partial charge < -0.3 is 4.74 Å². The van der Waals surface area contributed by atoms with Gasteiger partial charge in [-0.3, -0.25) is 11.3 Å². The summed E-state index contributed by atoms with van der Waals surface area (Å²) in [6, 6.07) is 8.91. The molecule has 0 amide bonds. The number of ether oxygens (including phenoxy) is 1. The summed E-state index contributed by atoms with van der Waals surface area (Å²) in [7, 11) is 0. The molecule has 1 heterocycles. The number of hydrazine groups is 1. The highest BCUT2D eigenvalue weighted by Crippen LogP contribution is 2.39. The van der Waals surface area contributed by atoms with Crippen molar-refractivity contribution in [2.75, 3.05) is 6.61 Å². The highest BCUT2D eigenvalue weighted by Gasteiger charge is 2.35. The summed E-state index contributed by atoms with van der Waals surface area (Å²) in [6.45, 7) is 3.12. The maximum Gasteiger partial charge on any atom is 0.0996 e. The second kappa shape index (κ2) is 6.91. The molecule has 1 aliphatic carbocycles. The summed E-state index contributed by atoms with van der Waals surface area (Å²) >= 11 is 0. The quantitative estimate of drug-likeness (QED) is 0.660. The molecule has 0 aromatic heterocycles. The minimum Gasteiger partial charge on any atom is -0.371 e. The van der Waals surface area contributed by atoms with Gasteiger partial charge in [0.25, 0.3) is 0 Å². The lowest BCUT2D eigenvalue weighted by molar-refractivity contribution is -0.00785. The lowest BCUT2D eigenvalue weighted by Gasteiger charge is -2.39. The van der Waals surface area contributed by atoms with Crippen molar-refractivity contribution in [3.05, 3.63) is 35.4 Å². The van der Waals surface area contributed by atoms with Crippen molar-refractivity contribution in [2.24, 2.45) is 17.7 Å². The van der Waals surface area contributed by atoms with Gasteiger partial charge in [0, 0.05) is 0 Å². The second-order valence-electron chi connectivity index (χ2n) is 6.62. The Morgan fingerprint density at radius 2 is 2.00 bits per heavy atom. The number of nitrogens with two attached hydrogens (primary N) is 1. The van der Waals surface area contributed by atoms with Crippen LogP contribution in [0.1, 0.15) is 56.3 Å². The Bertz CT molecular complexity index is 454. The molecule has 2 atom stereocenters. The predicted octanol–water partition coefficient (Wildman–Crippen LogP) is 3.35. The first-order chi connectivity index (χ1) is 10.3. The molecule has 2 unspecified atom stereocenters. The summed E-state index contributed by atoms with van der Waals surface area (Å²) in [5, 5.41) is 0. The zero-order valence-electron chi connectivity index (χ0n) is 13.1. The van der Waals surface area contributed by atoms with Gasteiger partial charge in [0.05, 0.1) is 18.8 Å². The van der Waals surface area contributed by atoms with E-state index < -0.39 is 0 Å². The van der Waals surface area contributed by atoms with Gasteiger partial charge in [0.1, 0.15) is 0 Å². The molecule has 1 saturated carbocycles. The van der Waals surface area contributed by atoms with Crippen LogP contribution in [-0.4, -0.2) is 12.6 Å². The fourth-order valence-electron chi connectivity index (χ4n) is 4.15. The van der Waals surface area contributed by atoms with Gasteiger partial charge >= 0.3 is 0 Å². The number of fused-ring (bicyclic) bond motifs is 1. The van der Waals surface area contributed by atoms with Gasteiger partial charge in [-0.2, -0.15) is 0 Å². The van der Waals surface area contributed by atoms with Gasteiger partial charge in [-0.25, -0.2) is 0 Å². The van der Waals surface area contributed by atoms with Crippen LogP contribution in [0.25, 0.3) is 0 Å². The van der Waals surface area contributed by atoms with Crippen molar-refractivity contribution in [1.29, 1.82) is 0 Å². The van der Waals surface area contributed by atoms with E-state index in [0.29, 0.717) is 5.92 Å². The lowest BCUT2D eigenvalue weighted by Crippen LogP contribution is -2.48. The third-order valence-electron chi connectivity index (χ3n) is 5.53. The normalized spacial score (nSPS) is 30.7. The Kier molecular flexibility index (Phi) is 4.94. The Balaban J connectivity index is 1.75. The largest absolute Gasteiger partial charge is 0.371 e. The third-order valence-corrected chi connectivity index (χ3v) is 5.53. The molecule has 1 aromatic carbocycles. The number of hydrogen-bond acceptors (Lipinski definition) is 3. The maximum absolute atomic E-state index is 6.12. The Labute approximate surface area is 128 Å². The molecule has 1 aromatic rings. The van der Waals surface area contributed by atoms with E-state index in [1.807, 2.05) is 0 Å². The third kappa shape index (κ3) is 3.15. The molecule has 3 heteroatoms. The molecular formula is C18H28N2O. The van der Waals surface area contributed by atoms with Gasteiger partial charge in [0.15, 0.2) is 0 Å². The van der Waals surface area contributed by atoms with Crippen molar-refractivity contribution >= 4 is 0 Å². The molecule has 116 valence electrons. The van der Waals surface area contributed by atoms with Crippen LogP contribution in [0.15, 0.2) is 24.3 Å². The fraction of sp³-hybridized carbons (Fsp3) is 0.667. The molecule has 1 fully saturated rings. The van der Waals surface area contributed by atoms with Crippen molar-refractivity contribution in [2.45, 2.75) is 57.6 Å². The van der Waals surface area contributed by atoms with Crippen molar-refractivity contribution < 1.29 is 4.74 Å². The van der Waals surface area contributed by atoms with Crippen LogP contribution in [-0.2, 0) is 11.2 Å². The predicted molar refractivity (Wildman–Crippen MR) is 85.7 cm³/mol. The van der Waals surface area contributed by atoms with E-state index in [1.54, 1.807) is 0 Å². The van der Waals surface area contributed by atoms with Crippen molar-refractivity contribution in [3.63, 3.8) is 0 Å². The number of hydrogen-bond donors (Lipinski definition) is 2. The molecular weight excluding hydrogens is 260 g/mol. The molecule has 3 N–H and O–H groups in total. The van der Waals surface area contributed by atoms with Crippen LogP contribution >= 0.6 is 0 Å². The second-order valence-corrected chi connectivity index (χ2v) is 6.62.